The standard InChI is InChI=1S/C12H9ClN2O2/c1-7-2-3-8(6-9(7)13)10-4-5-11(12(16)17)15-14-10/h2-6H,1H3,(H,16,17). The average Bonchev–Trinajstić information content (AvgIpc) is 2.33. The van der Waals surface area contributed by atoms with Gasteiger partial charge in [0.15, 0.2) is 5.69 Å². The summed E-state index contributed by atoms with van der Waals surface area (Å²) in [5.41, 5.74) is 2.31. The second kappa shape index (κ2) is 4.51. The summed E-state index contributed by atoms with van der Waals surface area (Å²) in [7, 11) is 0. The zero-order valence-electron chi connectivity index (χ0n) is 9.01. The van der Waals surface area contributed by atoms with Crippen molar-refractivity contribution in [2.75, 3.05) is 0 Å². The number of nitrogens with zero attached hydrogens (tertiary/aromatic N) is 2. The van der Waals surface area contributed by atoms with Crippen molar-refractivity contribution in [3.05, 3.63) is 46.6 Å². The van der Waals surface area contributed by atoms with Gasteiger partial charge in [0.25, 0.3) is 0 Å². The van der Waals surface area contributed by atoms with E-state index in [0.29, 0.717) is 10.7 Å². The van der Waals surface area contributed by atoms with E-state index in [1.165, 1.54) is 6.07 Å². The lowest BCUT2D eigenvalue weighted by Gasteiger charge is -2.03. The van der Waals surface area contributed by atoms with Gasteiger partial charge >= 0.3 is 5.97 Å². The van der Waals surface area contributed by atoms with E-state index in [1.54, 1.807) is 12.1 Å². The minimum absolute atomic E-state index is 0.0769. The first kappa shape index (κ1) is 11.5. The van der Waals surface area contributed by atoms with E-state index >= 15 is 0 Å². The topological polar surface area (TPSA) is 63.1 Å². The van der Waals surface area contributed by atoms with Crippen LogP contribution >= 0.6 is 11.6 Å². The molecule has 0 fully saturated rings. The van der Waals surface area contributed by atoms with Gasteiger partial charge in [0, 0.05) is 10.6 Å². The van der Waals surface area contributed by atoms with Gasteiger partial charge in [0.2, 0.25) is 0 Å². The summed E-state index contributed by atoms with van der Waals surface area (Å²) >= 11 is 6.00. The Morgan fingerprint density at radius 3 is 2.53 bits per heavy atom. The maximum absolute atomic E-state index is 10.6. The highest BCUT2D eigenvalue weighted by molar-refractivity contribution is 6.31. The van der Waals surface area contributed by atoms with E-state index in [0.717, 1.165) is 11.1 Å². The van der Waals surface area contributed by atoms with E-state index in [1.807, 2.05) is 19.1 Å². The molecule has 0 amide bonds. The number of aromatic nitrogens is 2. The zero-order valence-corrected chi connectivity index (χ0v) is 9.77. The molecule has 0 saturated heterocycles. The van der Waals surface area contributed by atoms with Gasteiger partial charge in [0.05, 0.1) is 5.69 Å². The molecule has 1 aromatic heterocycles. The minimum atomic E-state index is -1.09. The Morgan fingerprint density at radius 2 is 2.00 bits per heavy atom. The summed E-state index contributed by atoms with van der Waals surface area (Å²) in [4.78, 5) is 10.6. The first-order chi connectivity index (χ1) is 8.08. The van der Waals surface area contributed by atoms with Crippen LogP contribution in [0.15, 0.2) is 30.3 Å². The second-order valence-corrected chi connectivity index (χ2v) is 3.98. The van der Waals surface area contributed by atoms with Crippen LogP contribution in [0.5, 0.6) is 0 Å². The maximum atomic E-state index is 10.6. The van der Waals surface area contributed by atoms with Crippen molar-refractivity contribution >= 4 is 17.6 Å². The van der Waals surface area contributed by atoms with Gasteiger partial charge in [-0.2, -0.15) is 0 Å². The third-order valence-corrected chi connectivity index (χ3v) is 2.76. The van der Waals surface area contributed by atoms with Crippen LogP contribution in [0.1, 0.15) is 16.1 Å². The number of carbonyl (C=O) groups is 1. The smallest absolute Gasteiger partial charge is 0.356 e. The fourth-order valence-electron chi connectivity index (χ4n) is 1.35. The maximum Gasteiger partial charge on any atom is 0.356 e. The van der Waals surface area contributed by atoms with Crippen molar-refractivity contribution in [3.8, 4) is 11.3 Å². The van der Waals surface area contributed by atoms with Crippen molar-refractivity contribution in [1.29, 1.82) is 0 Å². The summed E-state index contributed by atoms with van der Waals surface area (Å²) in [6.45, 7) is 1.91. The number of carboxylic acid groups (broad SMARTS) is 1. The monoisotopic (exact) mass is 248 g/mol. The Labute approximate surface area is 103 Å². The van der Waals surface area contributed by atoms with E-state index in [9.17, 15) is 4.79 Å². The molecule has 0 aliphatic heterocycles. The summed E-state index contributed by atoms with van der Waals surface area (Å²) < 4.78 is 0. The van der Waals surface area contributed by atoms with Crippen molar-refractivity contribution in [2.24, 2.45) is 0 Å². The van der Waals surface area contributed by atoms with Crippen molar-refractivity contribution in [3.63, 3.8) is 0 Å². The number of hydrogen-bond donors (Lipinski definition) is 1. The molecule has 1 N–H and O–H groups in total. The molecule has 0 saturated carbocycles. The largest absolute Gasteiger partial charge is 0.476 e. The van der Waals surface area contributed by atoms with Gasteiger partial charge in [-0.1, -0.05) is 23.7 Å². The lowest BCUT2D eigenvalue weighted by Crippen LogP contribution is -2.01. The number of hydrogen-bond acceptors (Lipinski definition) is 3. The van der Waals surface area contributed by atoms with E-state index in [2.05, 4.69) is 10.2 Å². The van der Waals surface area contributed by atoms with Crippen LogP contribution in [0, 0.1) is 6.92 Å². The summed E-state index contributed by atoms with van der Waals surface area (Å²) in [5, 5.41) is 16.8. The summed E-state index contributed by atoms with van der Waals surface area (Å²) in [6.07, 6.45) is 0. The molecule has 5 heteroatoms. The van der Waals surface area contributed by atoms with Gasteiger partial charge in [-0.3, -0.25) is 0 Å². The zero-order chi connectivity index (χ0) is 12.4. The molecule has 0 aliphatic carbocycles. The fourth-order valence-corrected chi connectivity index (χ4v) is 1.53. The van der Waals surface area contributed by atoms with E-state index < -0.39 is 5.97 Å². The fraction of sp³-hybridized carbons (Fsp3) is 0.0833. The quantitative estimate of drug-likeness (QED) is 0.888. The molecule has 86 valence electrons. The summed E-state index contributed by atoms with van der Waals surface area (Å²) in [6, 6.07) is 8.55. The number of rotatable bonds is 2. The van der Waals surface area contributed by atoms with Crippen molar-refractivity contribution in [1.82, 2.24) is 10.2 Å². The molecule has 2 rings (SSSR count). The van der Waals surface area contributed by atoms with Crippen LogP contribution in [0.25, 0.3) is 11.3 Å². The number of carboxylic acids is 1. The normalized spacial score (nSPS) is 10.2. The van der Waals surface area contributed by atoms with Gasteiger partial charge in [-0.25, -0.2) is 4.79 Å². The molecule has 0 spiro atoms. The Morgan fingerprint density at radius 1 is 1.24 bits per heavy atom. The molecule has 0 bridgehead atoms. The number of benzene rings is 1. The highest BCUT2D eigenvalue weighted by Gasteiger charge is 2.07. The third-order valence-electron chi connectivity index (χ3n) is 2.35. The van der Waals surface area contributed by atoms with Gasteiger partial charge in [-0.15, -0.1) is 10.2 Å². The first-order valence-electron chi connectivity index (χ1n) is 4.91. The Hall–Kier alpha value is -1.94. The molecule has 0 unspecified atom stereocenters. The SMILES string of the molecule is Cc1ccc(-c2ccc(C(=O)O)nn2)cc1Cl. The Kier molecular flexibility index (Phi) is 3.06. The van der Waals surface area contributed by atoms with Crippen LogP contribution in [-0.4, -0.2) is 21.3 Å². The van der Waals surface area contributed by atoms with E-state index in [4.69, 9.17) is 16.7 Å². The van der Waals surface area contributed by atoms with Gasteiger partial charge in [-0.05, 0) is 30.7 Å². The highest BCUT2D eigenvalue weighted by atomic mass is 35.5. The molecular formula is C12H9ClN2O2. The predicted octanol–water partition coefficient (Wildman–Crippen LogP) is 2.80. The van der Waals surface area contributed by atoms with Crippen LogP contribution in [0.3, 0.4) is 0 Å². The Balaban J connectivity index is 2.39. The van der Waals surface area contributed by atoms with Crippen molar-refractivity contribution < 1.29 is 9.90 Å². The van der Waals surface area contributed by atoms with E-state index in [-0.39, 0.29) is 5.69 Å². The van der Waals surface area contributed by atoms with Crippen LogP contribution in [-0.2, 0) is 0 Å². The first-order valence-corrected chi connectivity index (χ1v) is 5.29. The molecule has 1 heterocycles. The number of halogens is 1. The lowest BCUT2D eigenvalue weighted by atomic mass is 10.1. The Bertz CT molecular complexity index is 567. The number of aromatic carboxylic acids is 1. The minimum Gasteiger partial charge on any atom is -0.476 e. The summed E-state index contributed by atoms with van der Waals surface area (Å²) in [5.74, 6) is -1.09. The lowest BCUT2D eigenvalue weighted by molar-refractivity contribution is 0.0689. The molecule has 0 radical (unpaired) electrons. The third kappa shape index (κ3) is 2.42. The molecule has 0 atom stereocenters. The molecule has 0 aliphatic rings. The highest BCUT2D eigenvalue weighted by Crippen LogP contribution is 2.23. The molecular weight excluding hydrogens is 240 g/mol. The van der Waals surface area contributed by atoms with Gasteiger partial charge < -0.3 is 5.11 Å². The predicted molar refractivity (Wildman–Crippen MR) is 64.2 cm³/mol. The molecule has 1 aromatic carbocycles. The molecule has 4 nitrogen and oxygen atoms in total. The second-order valence-electron chi connectivity index (χ2n) is 3.57. The molecule has 17 heavy (non-hydrogen) atoms. The molecule has 2 aromatic rings. The van der Waals surface area contributed by atoms with Crippen LogP contribution in [0.4, 0.5) is 0 Å². The number of aryl methyl sites for hydroxylation is 1. The van der Waals surface area contributed by atoms with Gasteiger partial charge in [0.1, 0.15) is 0 Å². The van der Waals surface area contributed by atoms with Crippen LogP contribution in [0.2, 0.25) is 5.02 Å². The van der Waals surface area contributed by atoms with Crippen LogP contribution < -0.4 is 0 Å². The van der Waals surface area contributed by atoms with Crippen molar-refractivity contribution in [2.45, 2.75) is 6.92 Å². The average molecular weight is 249 g/mol.